The quantitative estimate of drug-likeness (QED) is 0.755. The molecule has 1 N–H and O–H groups in total. The topological polar surface area (TPSA) is 91.0 Å². The second-order valence-electron chi connectivity index (χ2n) is 6.11. The van der Waals surface area contributed by atoms with Gasteiger partial charge in [0.15, 0.2) is 0 Å². The molecule has 0 radical (unpaired) electrons. The first-order valence-electron chi connectivity index (χ1n) is 8.29. The summed E-state index contributed by atoms with van der Waals surface area (Å²) in [7, 11) is -3.88. The summed E-state index contributed by atoms with van der Waals surface area (Å²) in [6.07, 6.45) is 1.54. The van der Waals surface area contributed by atoms with Gasteiger partial charge >= 0.3 is 0 Å². The Morgan fingerprint density at radius 3 is 2.69 bits per heavy atom. The second kappa shape index (κ2) is 6.44. The molecular formula is C18H17N5O2S. The van der Waals surface area contributed by atoms with Crippen molar-refractivity contribution in [1.82, 2.24) is 14.5 Å². The number of piperazine rings is 1. The van der Waals surface area contributed by atoms with Gasteiger partial charge in [0.1, 0.15) is 0 Å². The molecule has 7 nitrogen and oxygen atoms in total. The van der Waals surface area contributed by atoms with E-state index >= 15 is 0 Å². The van der Waals surface area contributed by atoms with Crippen molar-refractivity contribution in [1.29, 1.82) is 5.26 Å². The minimum absolute atomic E-state index is 0.0501. The molecule has 2 aromatic carbocycles. The molecule has 26 heavy (non-hydrogen) atoms. The van der Waals surface area contributed by atoms with Crippen LogP contribution in [0.4, 0.5) is 5.69 Å². The molecule has 0 atom stereocenters. The van der Waals surface area contributed by atoms with Crippen molar-refractivity contribution in [3.63, 3.8) is 0 Å². The number of nitriles is 1. The summed E-state index contributed by atoms with van der Waals surface area (Å²) >= 11 is 0. The van der Waals surface area contributed by atoms with Crippen LogP contribution in [0.3, 0.4) is 0 Å². The average molecular weight is 367 g/mol. The molecule has 0 bridgehead atoms. The van der Waals surface area contributed by atoms with Crippen molar-refractivity contribution in [3.8, 4) is 6.07 Å². The number of anilines is 1. The summed E-state index contributed by atoms with van der Waals surface area (Å²) < 4.78 is 27.1. The molecule has 0 saturated carbocycles. The predicted molar refractivity (Wildman–Crippen MR) is 98.6 cm³/mol. The molecule has 4 rings (SSSR count). The van der Waals surface area contributed by atoms with Crippen molar-refractivity contribution in [3.05, 3.63) is 54.2 Å². The zero-order chi connectivity index (χ0) is 18.1. The van der Waals surface area contributed by atoms with Crippen LogP contribution in [0.25, 0.3) is 10.9 Å². The molecular weight excluding hydrogens is 350 g/mol. The Balaban J connectivity index is 1.81. The van der Waals surface area contributed by atoms with E-state index in [2.05, 4.69) is 15.3 Å². The van der Waals surface area contributed by atoms with Gasteiger partial charge in [0.05, 0.1) is 28.2 Å². The van der Waals surface area contributed by atoms with E-state index in [1.807, 2.05) is 24.3 Å². The molecule has 0 unspecified atom stereocenters. The van der Waals surface area contributed by atoms with Gasteiger partial charge in [-0.15, -0.1) is 0 Å². The normalized spacial score (nSPS) is 15.1. The fourth-order valence-corrected chi connectivity index (χ4v) is 4.44. The molecule has 1 saturated heterocycles. The maximum absolute atomic E-state index is 13.0. The van der Waals surface area contributed by atoms with Gasteiger partial charge in [-0.1, -0.05) is 6.07 Å². The summed E-state index contributed by atoms with van der Waals surface area (Å²) in [6.45, 7) is 3.54. The molecule has 1 fully saturated rings. The van der Waals surface area contributed by atoms with Crippen molar-refractivity contribution >= 4 is 26.6 Å². The van der Waals surface area contributed by atoms with Crippen LogP contribution in [-0.2, 0) is 10.0 Å². The lowest BCUT2D eigenvalue weighted by Gasteiger charge is -2.29. The highest BCUT2D eigenvalue weighted by Crippen LogP contribution is 2.25. The summed E-state index contributed by atoms with van der Waals surface area (Å²) in [6, 6.07) is 13.7. The lowest BCUT2D eigenvalue weighted by Crippen LogP contribution is -2.43. The Morgan fingerprint density at radius 2 is 1.92 bits per heavy atom. The smallest absolute Gasteiger partial charge is 0.283 e. The third-order valence-electron chi connectivity index (χ3n) is 4.49. The van der Waals surface area contributed by atoms with Gasteiger partial charge < -0.3 is 10.2 Å². The van der Waals surface area contributed by atoms with Gasteiger partial charge in [-0.3, -0.25) is 0 Å². The summed E-state index contributed by atoms with van der Waals surface area (Å²) in [5.74, 6) is 0. The second-order valence-corrected chi connectivity index (χ2v) is 7.88. The first kappa shape index (κ1) is 16.6. The highest BCUT2D eigenvalue weighted by molar-refractivity contribution is 7.90. The molecule has 3 aromatic rings. The molecule has 2 heterocycles. The van der Waals surface area contributed by atoms with E-state index in [4.69, 9.17) is 5.26 Å². The predicted octanol–water partition coefficient (Wildman–Crippen LogP) is 1.55. The first-order valence-corrected chi connectivity index (χ1v) is 9.73. The highest BCUT2D eigenvalue weighted by atomic mass is 32.2. The molecule has 1 aromatic heterocycles. The molecule has 1 aliphatic rings. The number of nitrogens with zero attached hydrogens (tertiary/aromatic N) is 4. The van der Waals surface area contributed by atoms with Crippen molar-refractivity contribution in [2.75, 3.05) is 31.1 Å². The van der Waals surface area contributed by atoms with E-state index in [0.29, 0.717) is 11.1 Å². The van der Waals surface area contributed by atoms with E-state index in [1.165, 1.54) is 12.1 Å². The largest absolute Gasteiger partial charge is 0.369 e. The molecule has 0 spiro atoms. The maximum atomic E-state index is 13.0. The maximum Gasteiger partial charge on any atom is 0.283 e. The highest BCUT2D eigenvalue weighted by Gasteiger charge is 2.22. The molecule has 1 aliphatic heterocycles. The number of benzene rings is 2. The lowest BCUT2D eigenvalue weighted by molar-refractivity contribution is 0.582. The van der Waals surface area contributed by atoms with E-state index in [9.17, 15) is 8.42 Å². The number of hydrogen-bond donors (Lipinski definition) is 1. The van der Waals surface area contributed by atoms with Gasteiger partial charge in [-0.05, 0) is 36.4 Å². The zero-order valence-corrected chi connectivity index (χ0v) is 14.8. The summed E-state index contributed by atoms with van der Waals surface area (Å²) in [5.41, 5.74) is 1.80. The Hall–Kier alpha value is -2.89. The van der Waals surface area contributed by atoms with Crippen LogP contribution in [0.1, 0.15) is 5.56 Å². The Kier molecular flexibility index (Phi) is 4.11. The van der Waals surface area contributed by atoms with Crippen LogP contribution in [0, 0.1) is 11.3 Å². The van der Waals surface area contributed by atoms with E-state index in [1.54, 1.807) is 18.3 Å². The van der Waals surface area contributed by atoms with Gasteiger partial charge in [-0.25, -0.2) is 0 Å². The van der Waals surface area contributed by atoms with Crippen LogP contribution in [-0.4, -0.2) is 43.8 Å². The van der Waals surface area contributed by atoms with E-state index in [-0.39, 0.29) is 4.90 Å². The fraction of sp³-hybridized carbons (Fsp3) is 0.222. The Labute approximate surface area is 151 Å². The van der Waals surface area contributed by atoms with Gasteiger partial charge in [0.2, 0.25) is 0 Å². The van der Waals surface area contributed by atoms with Crippen LogP contribution in [0.2, 0.25) is 0 Å². The third kappa shape index (κ3) is 2.81. The lowest BCUT2D eigenvalue weighted by atomic mass is 10.2. The minimum Gasteiger partial charge on any atom is -0.369 e. The standard InChI is InChI=1S/C18H17N5O2S/c19-12-14-2-1-3-17(10-14)26(24,25)23-18-11-16(5-4-15(18)13-21-23)22-8-6-20-7-9-22/h1-5,10-11,13,20H,6-9H2. The number of rotatable bonds is 3. The van der Waals surface area contributed by atoms with Gasteiger partial charge in [-0.2, -0.15) is 22.9 Å². The molecule has 8 heteroatoms. The Bertz CT molecular complexity index is 1110. The number of nitrogens with one attached hydrogen (secondary N) is 1. The van der Waals surface area contributed by atoms with Crippen molar-refractivity contribution in [2.45, 2.75) is 4.90 Å². The average Bonchev–Trinajstić information content (AvgIpc) is 3.12. The summed E-state index contributed by atoms with van der Waals surface area (Å²) in [4.78, 5) is 2.27. The molecule has 0 aliphatic carbocycles. The molecule has 132 valence electrons. The van der Waals surface area contributed by atoms with Crippen molar-refractivity contribution < 1.29 is 8.42 Å². The molecule has 0 amide bonds. The van der Waals surface area contributed by atoms with Crippen LogP contribution in [0.5, 0.6) is 0 Å². The number of hydrogen-bond acceptors (Lipinski definition) is 6. The number of fused-ring (bicyclic) bond motifs is 1. The van der Waals surface area contributed by atoms with Crippen LogP contribution in [0.15, 0.2) is 53.6 Å². The summed E-state index contributed by atoms with van der Waals surface area (Å²) in [5, 5.41) is 17.2. The SMILES string of the molecule is N#Cc1cccc(S(=O)(=O)n2ncc3ccc(N4CCNCC4)cc32)c1. The Morgan fingerprint density at radius 1 is 1.12 bits per heavy atom. The van der Waals surface area contributed by atoms with Crippen LogP contribution >= 0.6 is 0 Å². The van der Waals surface area contributed by atoms with Crippen LogP contribution < -0.4 is 10.2 Å². The first-order chi connectivity index (χ1) is 12.6. The third-order valence-corrected chi connectivity index (χ3v) is 6.09. The zero-order valence-electron chi connectivity index (χ0n) is 14.0. The number of aromatic nitrogens is 2. The monoisotopic (exact) mass is 367 g/mol. The van der Waals surface area contributed by atoms with Gasteiger partial charge in [0, 0.05) is 37.3 Å². The van der Waals surface area contributed by atoms with Gasteiger partial charge in [0.25, 0.3) is 10.0 Å². The van der Waals surface area contributed by atoms with Crippen molar-refractivity contribution in [2.24, 2.45) is 0 Å². The fourth-order valence-electron chi connectivity index (χ4n) is 3.12. The van der Waals surface area contributed by atoms with E-state index < -0.39 is 10.0 Å². The minimum atomic E-state index is -3.88. The van der Waals surface area contributed by atoms with E-state index in [0.717, 1.165) is 41.3 Å².